The van der Waals surface area contributed by atoms with E-state index in [4.69, 9.17) is 9.84 Å². The topological polar surface area (TPSA) is 61.7 Å². The zero-order valence-electron chi connectivity index (χ0n) is 10.4. The zero-order chi connectivity index (χ0) is 12.7. The van der Waals surface area contributed by atoms with Gasteiger partial charge in [0.1, 0.15) is 18.5 Å². The van der Waals surface area contributed by atoms with Gasteiger partial charge in [0, 0.05) is 13.1 Å². The number of hydrogen-bond acceptors (Lipinski definition) is 4. The molecule has 0 aliphatic rings. The lowest BCUT2D eigenvalue weighted by molar-refractivity contribution is 0.101. The number of aliphatic hydroxyl groups is 2. The smallest absolute Gasteiger partial charge is 0.122 e. The molecule has 0 spiro atoms. The first kappa shape index (κ1) is 14.0. The lowest BCUT2D eigenvalue weighted by Gasteiger charge is -2.15. The van der Waals surface area contributed by atoms with Gasteiger partial charge in [-0.3, -0.25) is 0 Å². The third kappa shape index (κ3) is 5.68. The van der Waals surface area contributed by atoms with E-state index in [9.17, 15) is 5.11 Å². The second-order valence-electron chi connectivity index (χ2n) is 4.24. The van der Waals surface area contributed by atoms with Crippen LogP contribution in [-0.4, -0.2) is 42.1 Å². The summed E-state index contributed by atoms with van der Waals surface area (Å²) in [6.45, 7) is 4.80. The Bertz CT molecular complexity index is 328. The summed E-state index contributed by atoms with van der Waals surface area (Å²) in [5.74, 6) is 0.794. The summed E-state index contributed by atoms with van der Waals surface area (Å²) in [5, 5.41) is 21.6. The fourth-order valence-electron chi connectivity index (χ4n) is 1.42. The summed E-state index contributed by atoms with van der Waals surface area (Å²) in [6, 6.07) is 7.70. The maximum atomic E-state index is 9.65. The van der Waals surface area contributed by atoms with Crippen molar-refractivity contribution < 1.29 is 14.9 Å². The molecular weight excluding hydrogens is 218 g/mol. The Kier molecular flexibility index (Phi) is 5.97. The van der Waals surface area contributed by atoms with Gasteiger partial charge in [-0.1, -0.05) is 18.2 Å². The number of aryl methyl sites for hydroxylation is 1. The molecule has 0 aromatic heterocycles. The maximum Gasteiger partial charge on any atom is 0.122 e. The first-order valence-corrected chi connectivity index (χ1v) is 5.85. The van der Waals surface area contributed by atoms with Crippen molar-refractivity contribution in [1.29, 1.82) is 0 Å². The average Bonchev–Trinajstić information content (AvgIpc) is 2.27. The molecule has 17 heavy (non-hydrogen) atoms. The highest BCUT2D eigenvalue weighted by atomic mass is 16.5. The molecule has 0 saturated carbocycles. The minimum atomic E-state index is -0.576. The summed E-state index contributed by atoms with van der Waals surface area (Å²) >= 11 is 0. The van der Waals surface area contributed by atoms with E-state index in [1.807, 2.05) is 31.2 Å². The summed E-state index contributed by atoms with van der Waals surface area (Å²) in [6.07, 6.45) is -0.979. The Morgan fingerprint density at radius 2 is 1.94 bits per heavy atom. The van der Waals surface area contributed by atoms with Crippen LogP contribution in [0, 0.1) is 6.92 Å². The van der Waals surface area contributed by atoms with E-state index < -0.39 is 12.2 Å². The number of rotatable bonds is 7. The monoisotopic (exact) mass is 239 g/mol. The van der Waals surface area contributed by atoms with Gasteiger partial charge in [0.2, 0.25) is 0 Å². The minimum absolute atomic E-state index is 0.248. The highest BCUT2D eigenvalue weighted by Crippen LogP contribution is 2.16. The lowest BCUT2D eigenvalue weighted by Crippen LogP contribution is -2.35. The standard InChI is InChI=1S/C13H21NO3/c1-10-5-3-4-6-13(10)17-9-12(16)8-14-7-11(2)15/h3-6,11-12,14-16H,7-9H2,1-2H3/t11-,12-/m0/s1. The lowest BCUT2D eigenvalue weighted by atomic mass is 10.2. The Morgan fingerprint density at radius 3 is 2.59 bits per heavy atom. The Balaban J connectivity index is 2.24. The summed E-state index contributed by atoms with van der Waals surface area (Å²) in [5.41, 5.74) is 1.05. The van der Waals surface area contributed by atoms with Gasteiger partial charge in [0.25, 0.3) is 0 Å². The van der Waals surface area contributed by atoms with E-state index in [1.54, 1.807) is 6.92 Å². The van der Waals surface area contributed by atoms with Crippen molar-refractivity contribution in [3.05, 3.63) is 29.8 Å². The number of nitrogens with one attached hydrogen (secondary N) is 1. The second kappa shape index (κ2) is 7.27. The molecular formula is C13H21NO3. The molecule has 0 amide bonds. The van der Waals surface area contributed by atoms with E-state index in [0.717, 1.165) is 11.3 Å². The molecule has 0 aliphatic heterocycles. The molecule has 0 radical (unpaired) electrons. The van der Waals surface area contributed by atoms with Gasteiger partial charge in [-0.2, -0.15) is 0 Å². The molecule has 4 heteroatoms. The van der Waals surface area contributed by atoms with Crippen LogP contribution in [-0.2, 0) is 0 Å². The molecule has 0 aliphatic carbocycles. The fraction of sp³-hybridized carbons (Fsp3) is 0.538. The van der Waals surface area contributed by atoms with Crippen LogP contribution in [0.1, 0.15) is 12.5 Å². The Hall–Kier alpha value is -1.10. The molecule has 1 rings (SSSR count). The zero-order valence-corrected chi connectivity index (χ0v) is 10.4. The Morgan fingerprint density at radius 1 is 1.24 bits per heavy atom. The van der Waals surface area contributed by atoms with Crippen LogP contribution in [0.15, 0.2) is 24.3 Å². The molecule has 0 unspecified atom stereocenters. The van der Waals surface area contributed by atoms with Crippen LogP contribution >= 0.6 is 0 Å². The van der Waals surface area contributed by atoms with Crippen molar-refractivity contribution in [3.63, 3.8) is 0 Å². The highest BCUT2D eigenvalue weighted by molar-refractivity contribution is 5.31. The maximum absolute atomic E-state index is 9.65. The summed E-state index contributed by atoms with van der Waals surface area (Å²) < 4.78 is 5.50. The fourth-order valence-corrected chi connectivity index (χ4v) is 1.42. The van der Waals surface area contributed by atoms with Crippen LogP contribution in [0.25, 0.3) is 0 Å². The van der Waals surface area contributed by atoms with E-state index >= 15 is 0 Å². The van der Waals surface area contributed by atoms with Gasteiger partial charge in [0.05, 0.1) is 6.10 Å². The van der Waals surface area contributed by atoms with Gasteiger partial charge >= 0.3 is 0 Å². The van der Waals surface area contributed by atoms with E-state index in [2.05, 4.69) is 5.32 Å². The van der Waals surface area contributed by atoms with Crippen LogP contribution < -0.4 is 10.1 Å². The molecule has 96 valence electrons. The van der Waals surface area contributed by atoms with Crippen LogP contribution in [0.3, 0.4) is 0 Å². The van der Waals surface area contributed by atoms with Gasteiger partial charge < -0.3 is 20.3 Å². The first-order chi connectivity index (χ1) is 8.09. The minimum Gasteiger partial charge on any atom is -0.491 e. The molecule has 1 aromatic carbocycles. The second-order valence-corrected chi connectivity index (χ2v) is 4.24. The van der Waals surface area contributed by atoms with Crippen molar-refractivity contribution in [2.24, 2.45) is 0 Å². The number of ether oxygens (including phenoxy) is 1. The van der Waals surface area contributed by atoms with Gasteiger partial charge in [0.15, 0.2) is 0 Å². The van der Waals surface area contributed by atoms with Crippen molar-refractivity contribution in [1.82, 2.24) is 5.32 Å². The molecule has 1 aromatic rings. The van der Waals surface area contributed by atoms with Gasteiger partial charge in [-0.05, 0) is 25.5 Å². The number of para-hydroxylation sites is 1. The van der Waals surface area contributed by atoms with E-state index in [0.29, 0.717) is 13.1 Å². The van der Waals surface area contributed by atoms with Crippen molar-refractivity contribution >= 4 is 0 Å². The molecule has 0 heterocycles. The molecule has 0 saturated heterocycles. The molecule has 2 atom stereocenters. The normalized spacial score (nSPS) is 14.4. The largest absolute Gasteiger partial charge is 0.491 e. The van der Waals surface area contributed by atoms with Crippen LogP contribution in [0.2, 0.25) is 0 Å². The molecule has 3 N–H and O–H groups in total. The van der Waals surface area contributed by atoms with Crippen molar-refractivity contribution in [3.8, 4) is 5.75 Å². The van der Waals surface area contributed by atoms with Gasteiger partial charge in [-0.15, -0.1) is 0 Å². The molecule has 0 fully saturated rings. The number of aliphatic hydroxyl groups excluding tert-OH is 2. The third-order valence-corrected chi connectivity index (χ3v) is 2.34. The van der Waals surface area contributed by atoms with Crippen molar-refractivity contribution in [2.75, 3.05) is 19.7 Å². The first-order valence-electron chi connectivity index (χ1n) is 5.85. The third-order valence-electron chi connectivity index (χ3n) is 2.34. The predicted octanol–water partition coefficient (Wildman–Crippen LogP) is 0.705. The molecule has 4 nitrogen and oxygen atoms in total. The predicted molar refractivity (Wildman–Crippen MR) is 67.2 cm³/mol. The van der Waals surface area contributed by atoms with Gasteiger partial charge in [-0.25, -0.2) is 0 Å². The number of benzene rings is 1. The van der Waals surface area contributed by atoms with E-state index in [1.165, 1.54) is 0 Å². The van der Waals surface area contributed by atoms with Crippen molar-refractivity contribution in [2.45, 2.75) is 26.1 Å². The SMILES string of the molecule is Cc1ccccc1OC[C@@H](O)CNC[C@H](C)O. The highest BCUT2D eigenvalue weighted by Gasteiger charge is 2.06. The number of hydrogen-bond donors (Lipinski definition) is 3. The summed E-state index contributed by atoms with van der Waals surface area (Å²) in [4.78, 5) is 0. The molecule has 0 bridgehead atoms. The van der Waals surface area contributed by atoms with Crippen LogP contribution in [0.5, 0.6) is 5.75 Å². The van der Waals surface area contributed by atoms with E-state index in [-0.39, 0.29) is 6.61 Å². The quantitative estimate of drug-likeness (QED) is 0.655. The van der Waals surface area contributed by atoms with Crippen LogP contribution in [0.4, 0.5) is 0 Å². The average molecular weight is 239 g/mol. The Labute approximate surface area is 102 Å². The summed E-state index contributed by atoms with van der Waals surface area (Å²) in [7, 11) is 0.